The second-order valence-electron chi connectivity index (χ2n) is 4.91. The third-order valence-corrected chi connectivity index (χ3v) is 5.40. The van der Waals surface area contributed by atoms with Gasteiger partial charge in [-0.15, -0.1) is 0 Å². The first-order chi connectivity index (χ1) is 9.98. The predicted molar refractivity (Wildman–Crippen MR) is 76.3 cm³/mol. The Labute approximate surface area is 122 Å². The first-order valence-electron chi connectivity index (χ1n) is 6.45. The second kappa shape index (κ2) is 5.09. The van der Waals surface area contributed by atoms with Crippen LogP contribution in [0.4, 0.5) is 10.1 Å². The summed E-state index contributed by atoms with van der Waals surface area (Å²) in [5.74, 6) is -0.673. The monoisotopic (exact) mass is 307 g/mol. The number of rotatable bonds is 2. The highest BCUT2D eigenvalue weighted by atomic mass is 32.2. The summed E-state index contributed by atoms with van der Waals surface area (Å²) >= 11 is 0. The molecular weight excluding hydrogens is 293 g/mol. The van der Waals surface area contributed by atoms with Gasteiger partial charge in [0, 0.05) is 25.0 Å². The second-order valence-corrected chi connectivity index (χ2v) is 6.85. The maximum atomic E-state index is 13.2. The standard InChI is InChI=1S/C14H14FN3O2S/c15-11-6-12(8-17-7-11)21(19,20)18-5-4-10-2-1-3-14(16)13(10)9-18/h1-3,6-8H,4-5,9,16H2. The van der Waals surface area contributed by atoms with Crippen LogP contribution in [0, 0.1) is 5.82 Å². The Balaban J connectivity index is 1.97. The highest BCUT2D eigenvalue weighted by Crippen LogP contribution is 2.28. The number of nitrogens with two attached hydrogens (primary N) is 1. The number of benzene rings is 1. The molecule has 0 spiro atoms. The lowest BCUT2D eigenvalue weighted by atomic mass is 10.00. The number of nitrogen functional groups attached to an aromatic ring is 1. The van der Waals surface area contributed by atoms with Gasteiger partial charge in [-0.25, -0.2) is 12.8 Å². The van der Waals surface area contributed by atoms with Crippen LogP contribution < -0.4 is 5.73 Å². The van der Waals surface area contributed by atoms with Gasteiger partial charge in [-0.05, 0) is 29.7 Å². The summed E-state index contributed by atoms with van der Waals surface area (Å²) in [4.78, 5) is 3.46. The molecule has 1 aliphatic heterocycles. The Bertz CT molecular complexity index is 793. The van der Waals surface area contributed by atoms with Gasteiger partial charge in [0.1, 0.15) is 10.7 Å². The smallest absolute Gasteiger partial charge is 0.245 e. The molecule has 0 saturated heterocycles. The van der Waals surface area contributed by atoms with Crippen LogP contribution in [-0.4, -0.2) is 24.3 Å². The largest absolute Gasteiger partial charge is 0.398 e. The molecule has 0 aliphatic carbocycles. The van der Waals surface area contributed by atoms with Gasteiger partial charge in [0.05, 0.1) is 6.20 Å². The molecule has 2 N–H and O–H groups in total. The van der Waals surface area contributed by atoms with Gasteiger partial charge in [0.2, 0.25) is 10.0 Å². The Morgan fingerprint density at radius 1 is 1.29 bits per heavy atom. The predicted octanol–water partition coefficient (Wildman–Crippen LogP) is 1.55. The number of hydrogen-bond donors (Lipinski definition) is 1. The summed E-state index contributed by atoms with van der Waals surface area (Å²) < 4.78 is 39.6. The molecule has 1 aromatic heterocycles. The summed E-state index contributed by atoms with van der Waals surface area (Å²) in [6.07, 6.45) is 2.72. The summed E-state index contributed by atoms with van der Waals surface area (Å²) in [7, 11) is -3.77. The van der Waals surface area contributed by atoms with Crippen LogP contribution in [0.15, 0.2) is 41.6 Å². The third kappa shape index (κ3) is 2.50. The van der Waals surface area contributed by atoms with E-state index in [-0.39, 0.29) is 11.4 Å². The van der Waals surface area contributed by atoms with Gasteiger partial charge in [0.25, 0.3) is 0 Å². The number of hydrogen-bond acceptors (Lipinski definition) is 4. The molecular formula is C14H14FN3O2S. The molecule has 0 fully saturated rings. The molecule has 2 heterocycles. The maximum Gasteiger partial charge on any atom is 0.245 e. The topological polar surface area (TPSA) is 76.3 Å². The van der Waals surface area contributed by atoms with Gasteiger partial charge in [-0.1, -0.05) is 12.1 Å². The van der Waals surface area contributed by atoms with Gasteiger partial charge in [0.15, 0.2) is 0 Å². The van der Waals surface area contributed by atoms with E-state index in [0.717, 1.165) is 29.6 Å². The van der Waals surface area contributed by atoms with Crippen molar-refractivity contribution in [3.63, 3.8) is 0 Å². The average molecular weight is 307 g/mol. The average Bonchev–Trinajstić information content (AvgIpc) is 2.47. The zero-order chi connectivity index (χ0) is 15.0. The van der Waals surface area contributed by atoms with E-state index in [1.54, 1.807) is 6.07 Å². The summed E-state index contributed by atoms with van der Waals surface area (Å²) in [5.41, 5.74) is 8.36. The lowest BCUT2D eigenvalue weighted by Gasteiger charge is -2.28. The lowest BCUT2D eigenvalue weighted by molar-refractivity contribution is 0.391. The molecule has 0 saturated carbocycles. The van der Waals surface area contributed by atoms with E-state index in [9.17, 15) is 12.8 Å². The van der Waals surface area contributed by atoms with Crippen LogP contribution >= 0.6 is 0 Å². The molecule has 2 aromatic rings. The third-order valence-electron chi connectivity index (χ3n) is 3.59. The number of anilines is 1. The van der Waals surface area contributed by atoms with Gasteiger partial charge < -0.3 is 5.73 Å². The molecule has 0 atom stereocenters. The molecule has 0 unspecified atom stereocenters. The molecule has 1 aliphatic rings. The highest BCUT2D eigenvalue weighted by Gasteiger charge is 2.29. The van der Waals surface area contributed by atoms with Crippen molar-refractivity contribution in [2.24, 2.45) is 0 Å². The Kier molecular flexibility index (Phi) is 3.38. The number of halogens is 1. The number of nitrogens with zero attached hydrogens (tertiary/aromatic N) is 2. The van der Waals surface area contributed by atoms with Gasteiger partial charge in [-0.3, -0.25) is 4.98 Å². The number of sulfonamides is 1. The molecule has 5 nitrogen and oxygen atoms in total. The van der Waals surface area contributed by atoms with Crippen molar-refractivity contribution in [1.29, 1.82) is 0 Å². The van der Waals surface area contributed by atoms with Crippen molar-refractivity contribution in [2.75, 3.05) is 12.3 Å². The Morgan fingerprint density at radius 3 is 2.86 bits per heavy atom. The van der Waals surface area contributed by atoms with E-state index in [1.165, 1.54) is 4.31 Å². The zero-order valence-corrected chi connectivity index (χ0v) is 12.0. The fourth-order valence-electron chi connectivity index (χ4n) is 2.47. The fraction of sp³-hybridized carbons (Fsp3) is 0.214. The summed E-state index contributed by atoms with van der Waals surface area (Å²) in [6.45, 7) is 0.538. The van der Waals surface area contributed by atoms with Crippen molar-refractivity contribution >= 4 is 15.7 Å². The minimum absolute atomic E-state index is 0.138. The molecule has 0 radical (unpaired) electrons. The molecule has 7 heteroatoms. The highest BCUT2D eigenvalue weighted by molar-refractivity contribution is 7.89. The van der Waals surface area contributed by atoms with Crippen LogP contribution in [0.1, 0.15) is 11.1 Å². The Morgan fingerprint density at radius 2 is 2.10 bits per heavy atom. The number of aromatic nitrogens is 1. The van der Waals surface area contributed by atoms with Crippen LogP contribution in [0.2, 0.25) is 0 Å². The normalized spacial score (nSPS) is 15.7. The summed E-state index contributed by atoms with van der Waals surface area (Å²) in [6, 6.07) is 6.53. The molecule has 3 rings (SSSR count). The van der Waals surface area contributed by atoms with Crippen LogP contribution in [-0.2, 0) is 23.0 Å². The van der Waals surface area contributed by atoms with E-state index in [2.05, 4.69) is 4.98 Å². The minimum atomic E-state index is -3.77. The van der Waals surface area contributed by atoms with Crippen LogP contribution in [0.5, 0.6) is 0 Å². The van der Waals surface area contributed by atoms with E-state index in [0.29, 0.717) is 18.7 Å². The molecule has 110 valence electrons. The number of fused-ring (bicyclic) bond motifs is 1. The van der Waals surface area contributed by atoms with E-state index < -0.39 is 15.8 Å². The van der Waals surface area contributed by atoms with Crippen molar-refractivity contribution in [1.82, 2.24) is 9.29 Å². The number of pyridine rings is 1. The van der Waals surface area contributed by atoms with Gasteiger partial charge in [-0.2, -0.15) is 4.31 Å². The quantitative estimate of drug-likeness (QED) is 0.854. The molecule has 0 bridgehead atoms. The first-order valence-corrected chi connectivity index (χ1v) is 7.89. The van der Waals surface area contributed by atoms with Crippen molar-refractivity contribution in [2.45, 2.75) is 17.9 Å². The minimum Gasteiger partial charge on any atom is -0.398 e. The molecule has 1 aromatic carbocycles. The van der Waals surface area contributed by atoms with E-state index in [4.69, 9.17) is 5.73 Å². The lowest BCUT2D eigenvalue weighted by Crippen LogP contribution is -2.36. The van der Waals surface area contributed by atoms with Crippen LogP contribution in [0.3, 0.4) is 0 Å². The van der Waals surface area contributed by atoms with Crippen molar-refractivity contribution < 1.29 is 12.8 Å². The maximum absolute atomic E-state index is 13.2. The zero-order valence-electron chi connectivity index (χ0n) is 11.2. The van der Waals surface area contributed by atoms with Gasteiger partial charge >= 0.3 is 0 Å². The fourth-order valence-corrected chi connectivity index (χ4v) is 3.85. The summed E-state index contributed by atoms with van der Waals surface area (Å²) in [5, 5.41) is 0. The van der Waals surface area contributed by atoms with Crippen LogP contribution in [0.25, 0.3) is 0 Å². The Hall–Kier alpha value is -1.99. The SMILES string of the molecule is Nc1cccc2c1CN(S(=O)(=O)c1cncc(F)c1)CC2. The van der Waals surface area contributed by atoms with Crippen molar-refractivity contribution in [3.8, 4) is 0 Å². The first kappa shape index (κ1) is 14.0. The van der Waals surface area contributed by atoms with E-state index >= 15 is 0 Å². The van der Waals surface area contributed by atoms with E-state index in [1.807, 2.05) is 12.1 Å². The molecule has 21 heavy (non-hydrogen) atoms. The van der Waals surface area contributed by atoms with Crippen molar-refractivity contribution in [3.05, 3.63) is 53.6 Å². The molecule has 0 amide bonds.